The third-order valence-electron chi connectivity index (χ3n) is 3.28. The van der Waals surface area contributed by atoms with E-state index in [-0.39, 0.29) is 24.5 Å². The lowest BCUT2D eigenvalue weighted by molar-refractivity contribution is -0.137. The minimum atomic E-state index is -1.10. The average Bonchev–Trinajstić information content (AvgIpc) is 2.53. The molecule has 0 fully saturated rings. The molecule has 10 nitrogen and oxygen atoms in total. The molecule has 0 radical (unpaired) electrons. The van der Waals surface area contributed by atoms with Gasteiger partial charge in [-0.2, -0.15) is 0 Å². The van der Waals surface area contributed by atoms with Crippen molar-refractivity contribution in [2.24, 2.45) is 5.11 Å². The minimum Gasteiger partial charge on any atom is -0.466 e. The molecule has 1 amide bonds. The second-order valence-corrected chi connectivity index (χ2v) is 5.02. The topological polar surface area (TPSA) is 154 Å². The van der Waals surface area contributed by atoms with Crippen LogP contribution in [0.4, 0.5) is 0 Å². The lowest BCUT2D eigenvalue weighted by Gasteiger charge is -2.35. The van der Waals surface area contributed by atoms with E-state index in [1.54, 1.807) is 0 Å². The van der Waals surface area contributed by atoms with Crippen LogP contribution in [0.15, 0.2) is 16.8 Å². The first-order valence-electron chi connectivity index (χ1n) is 6.93. The Labute approximate surface area is 132 Å². The highest BCUT2D eigenvalue weighted by Crippen LogP contribution is 2.25. The largest absolute Gasteiger partial charge is 0.466 e. The molecule has 23 heavy (non-hydrogen) atoms. The van der Waals surface area contributed by atoms with E-state index in [0.717, 1.165) is 0 Å². The van der Waals surface area contributed by atoms with Gasteiger partial charge in [-0.1, -0.05) is 11.2 Å². The van der Waals surface area contributed by atoms with Gasteiger partial charge in [-0.15, -0.1) is 0 Å². The number of esters is 1. The number of methoxy groups -OCH3 is 1. The van der Waals surface area contributed by atoms with Crippen LogP contribution in [-0.4, -0.2) is 66.7 Å². The molecule has 0 aliphatic heterocycles. The fraction of sp³-hybridized carbons (Fsp3) is 0.692. The molecule has 1 aliphatic rings. The average molecular weight is 328 g/mol. The molecule has 3 N–H and O–H groups in total. The maximum Gasteiger partial charge on any atom is 0.333 e. The van der Waals surface area contributed by atoms with Crippen LogP contribution in [0.25, 0.3) is 10.4 Å². The van der Waals surface area contributed by atoms with Crippen LogP contribution in [0.5, 0.6) is 0 Å². The summed E-state index contributed by atoms with van der Waals surface area (Å²) < 4.78 is 10.1. The van der Waals surface area contributed by atoms with Gasteiger partial charge in [0.2, 0.25) is 5.91 Å². The van der Waals surface area contributed by atoms with E-state index in [2.05, 4.69) is 20.1 Å². The van der Waals surface area contributed by atoms with E-state index in [0.29, 0.717) is 0 Å². The van der Waals surface area contributed by atoms with Gasteiger partial charge in [-0.3, -0.25) is 4.79 Å². The number of nitrogens with one attached hydrogen (secondary N) is 1. The normalized spacial score (nSPS) is 24.9. The van der Waals surface area contributed by atoms with Gasteiger partial charge in [0.1, 0.15) is 6.10 Å². The number of nitrogens with zero attached hydrogens (tertiary/aromatic N) is 3. The quantitative estimate of drug-likeness (QED) is 0.246. The Balaban J connectivity index is 3.05. The maximum atomic E-state index is 11.7. The molecule has 0 bridgehead atoms. The smallest absolute Gasteiger partial charge is 0.333 e. The number of carbonyl (C=O) groups is 2. The minimum absolute atomic E-state index is 0.104. The molecule has 1 rings (SSSR count). The number of amides is 1. The van der Waals surface area contributed by atoms with E-state index in [1.807, 2.05) is 0 Å². The zero-order chi connectivity index (χ0) is 17.4. The lowest BCUT2D eigenvalue weighted by atomic mass is 9.88. The van der Waals surface area contributed by atoms with Crippen LogP contribution in [0.3, 0.4) is 0 Å². The Morgan fingerprint density at radius 2 is 2.30 bits per heavy atom. The number of aliphatic hydroxyl groups excluding tert-OH is 2. The lowest BCUT2D eigenvalue weighted by Crippen LogP contribution is -2.53. The second kappa shape index (κ2) is 9.11. The second-order valence-electron chi connectivity index (χ2n) is 5.02. The first kappa shape index (κ1) is 18.9. The predicted octanol–water partition coefficient (Wildman–Crippen LogP) is -0.589. The molecule has 0 aromatic rings. The summed E-state index contributed by atoms with van der Waals surface area (Å²) in [7, 11) is 1.22. The molecule has 0 saturated carbocycles. The van der Waals surface area contributed by atoms with Crippen molar-refractivity contribution in [3.8, 4) is 0 Å². The van der Waals surface area contributed by atoms with Crippen molar-refractivity contribution in [3.63, 3.8) is 0 Å². The predicted molar refractivity (Wildman–Crippen MR) is 78.1 cm³/mol. The molecule has 0 heterocycles. The van der Waals surface area contributed by atoms with Gasteiger partial charge in [0.25, 0.3) is 0 Å². The molecular weight excluding hydrogens is 308 g/mol. The molecule has 4 unspecified atom stereocenters. The number of ether oxygens (including phenoxy) is 2. The van der Waals surface area contributed by atoms with Gasteiger partial charge in [0.05, 0.1) is 38.5 Å². The third kappa shape index (κ3) is 5.53. The maximum absolute atomic E-state index is 11.7. The van der Waals surface area contributed by atoms with Crippen LogP contribution >= 0.6 is 0 Å². The van der Waals surface area contributed by atoms with E-state index in [9.17, 15) is 14.7 Å². The number of hydrogen-bond donors (Lipinski definition) is 3. The molecule has 10 heteroatoms. The molecule has 0 saturated heterocycles. The van der Waals surface area contributed by atoms with Gasteiger partial charge in [0, 0.05) is 23.8 Å². The summed E-state index contributed by atoms with van der Waals surface area (Å²) in [5.74, 6) is -0.958. The van der Waals surface area contributed by atoms with Crippen LogP contribution in [-0.2, 0) is 19.1 Å². The SMILES string of the molecule is COC(=O)C1=CC(N=[N+]=[N-])C(NC(C)=O)C(OCC(O)CO)C1. The van der Waals surface area contributed by atoms with E-state index in [1.165, 1.54) is 20.1 Å². The number of carbonyl (C=O) groups excluding carboxylic acids is 2. The summed E-state index contributed by atoms with van der Waals surface area (Å²) in [5.41, 5.74) is 8.93. The Kier molecular flexibility index (Phi) is 7.49. The van der Waals surface area contributed by atoms with Crippen molar-refractivity contribution < 1.29 is 29.3 Å². The summed E-state index contributed by atoms with van der Waals surface area (Å²) in [5, 5.41) is 24.4. The molecule has 0 aromatic heterocycles. The highest BCUT2D eigenvalue weighted by Gasteiger charge is 2.36. The first-order chi connectivity index (χ1) is 10.9. The van der Waals surface area contributed by atoms with Crippen LogP contribution < -0.4 is 5.32 Å². The number of rotatable bonds is 7. The number of hydrogen-bond acceptors (Lipinski definition) is 7. The monoisotopic (exact) mass is 328 g/mol. The Morgan fingerprint density at radius 3 is 2.83 bits per heavy atom. The van der Waals surface area contributed by atoms with Gasteiger partial charge >= 0.3 is 5.97 Å². The van der Waals surface area contributed by atoms with Crippen molar-refractivity contribution >= 4 is 11.9 Å². The summed E-state index contributed by atoms with van der Waals surface area (Å²) in [6, 6.07) is -1.55. The van der Waals surface area contributed by atoms with Gasteiger partial charge in [-0.25, -0.2) is 4.79 Å². The van der Waals surface area contributed by atoms with Gasteiger partial charge < -0.3 is 25.0 Å². The molecule has 4 atom stereocenters. The zero-order valence-corrected chi connectivity index (χ0v) is 12.9. The summed E-state index contributed by atoms with van der Waals surface area (Å²) in [6.45, 7) is 0.609. The van der Waals surface area contributed by atoms with Crippen molar-refractivity contribution in [1.82, 2.24) is 5.32 Å². The Bertz CT molecular complexity index is 517. The van der Waals surface area contributed by atoms with Crippen molar-refractivity contribution in [3.05, 3.63) is 22.1 Å². The van der Waals surface area contributed by atoms with Crippen molar-refractivity contribution in [2.45, 2.75) is 37.6 Å². The van der Waals surface area contributed by atoms with Gasteiger partial charge in [0.15, 0.2) is 0 Å². The molecule has 0 spiro atoms. The van der Waals surface area contributed by atoms with Crippen LogP contribution in [0.2, 0.25) is 0 Å². The summed E-state index contributed by atoms with van der Waals surface area (Å²) in [6.07, 6.45) is -0.296. The van der Waals surface area contributed by atoms with Crippen LogP contribution in [0, 0.1) is 0 Å². The van der Waals surface area contributed by atoms with E-state index < -0.39 is 36.9 Å². The highest BCUT2D eigenvalue weighted by molar-refractivity contribution is 5.89. The van der Waals surface area contributed by atoms with Crippen molar-refractivity contribution in [1.29, 1.82) is 0 Å². The summed E-state index contributed by atoms with van der Waals surface area (Å²) in [4.78, 5) is 25.8. The molecule has 1 aliphatic carbocycles. The summed E-state index contributed by atoms with van der Waals surface area (Å²) >= 11 is 0. The third-order valence-corrected chi connectivity index (χ3v) is 3.28. The fourth-order valence-electron chi connectivity index (χ4n) is 2.25. The number of azide groups is 1. The van der Waals surface area contributed by atoms with E-state index >= 15 is 0 Å². The van der Waals surface area contributed by atoms with E-state index in [4.69, 9.17) is 15.4 Å². The number of aliphatic hydroxyl groups is 2. The standard InChI is InChI=1S/C13H20N4O6/c1-7(19)15-12-10(16-17-14)3-8(13(21)22-2)4-11(12)23-6-9(20)5-18/h3,9-12,18,20H,4-6H2,1-2H3,(H,15,19). The molecule has 128 valence electrons. The fourth-order valence-corrected chi connectivity index (χ4v) is 2.25. The van der Waals surface area contributed by atoms with Crippen molar-refractivity contribution in [2.75, 3.05) is 20.3 Å². The molecular formula is C13H20N4O6. The Hall–Kier alpha value is -2.13. The van der Waals surface area contributed by atoms with Gasteiger partial charge in [-0.05, 0) is 5.53 Å². The zero-order valence-electron chi connectivity index (χ0n) is 12.9. The Morgan fingerprint density at radius 1 is 1.61 bits per heavy atom. The first-order valence-corrected chi connectivity index (χ1v) is 6.93. The highest BCUT2D eigenvalue weighted by atomic mass is 16.5. The van der Waals surface area contributed by atoms with Crippen LogP contribution in [0.1, 0.15) is 13.3 Å². The molecule has 0 aromatic carbocycles.